The first-order valence-electron chi connectivity index (χ1n) is 6.10. The summed E-state index contributed by atoms with van der Waals surface area (Å²) in [6.45, 7) is 0.676. The van der Waals surface area contributed by atoms with Crippen LogP contribution in [0, 0.1) is 9.39 Å². The molecule has 0 spiro atoms. The van der Waals surface area contributed by atoms with Crippen LogP contribution in [0.1, 0.15) is 5.56 Å². The molecule has 0 aliphatic rings. The highest BCUT2D eigenvalue weighted by molar-refractivity contribution is 14.1. The van der Waals surface area contributed by atoms with Crippen LogP contribution < -0.4 is 10.5 Å². The average molecular weight is 387 g/mol. The first kappa shape index (κ1) is 15.1. The summed E-state index contributed by atoms with van der Waals surface area (Å²) in [6, 6.07) is 10.4. The van der Waals surface area contributed by atoms with Crippen LogP contribution in [-0.2, 0) is 11.2 Å². The van der Waals surface area contributed by atoms with Gasteiger partial charge in [0, 0.05) is 13.2 Å². The fraction of sp³-hybridized carbons (Fsp3) is 0.200. The molecule has 0 fully saturated rings. The van der Waals surface area contributed by atoms with Crippen molar-refractivity contribution in [1.29, 1.82) is 0 Å². The second kappa shape index (κ2) is 6.90. The van der Waals surface area contributed by atoms with Gasteiger partial charge < -0.3 is 15.2 Å². The average Bonchev–Trinajstić information content (AvgIpc) is 2.44. The Morgan fingerprint density at radius 3 is 2.55 bits per heavy atom. The minimum absolute atomic E-state index is 0.326. The van der Waals surface area contributed by atoms with E-state index in [1.807, 2.05) is 46.9 Å². The SMILES string of the molecule is COCCc1ccc(Oc2cc(F)c(I)cc2N)cc1. The molecule has 2 aromatic rings. The van der Waals surface area contributed by atoms with Gasteiger partial charge in [0.15, 0.2) is 5.75 Å². The zero-order valence-electron chi connectivity index (χ0n) is 11.0. The van der Waals surface area contributed by atoms with Gasteiger partial charge in [0.2, 0.25) is 0 Å². The van der Waals surface area contributed by atoms with E-state index in [4.69, 9.17) is 15.2 Å². The minimum atomic E-state index is -0.341. The van der Waals surface area contributed by atoms with Gasteiger partial charge in [-0.25, -0.2) is 4.39 Å². The minimum Gasteiger partial charge on any atom is -0.455 e. The first-order chi connectivity index (χ1) is 9.60. The highest BCUT2D eigenvalue weighted by Gasteiger charge is 2.08. The highest BCUT2D eigenvalue weighted by Crippen LogP contribution is 2.30. The van der Waals surface area contributed by atoms with E-state index in [1.54, 1.807) is 13.2 Å². The summed E-state index contributed by atoms with van der Waals surface area (Å²) in [7, 11) is 1.67. The van der Waals surface area contributed by atoms with E-state index in [2.05, 4.69) is 0 Å². The van der Waals surface area contributed by atoms with Crippen molar-refractivity contribution >= 4 is 28.3 Å². The lowest BCUT2D eigenvalue weighted by Crippen LogP contribution is -1.96. The Hall–Kier alpha value is -1.34. The van der Waals surface area contributed by atoms with Crippen molar-refractivity contribution in [2.24, 2.45) is 0 Å². The van der Waals surface area contributed by atoms with Crippen LogP contribution in [0.5, 0.6) is 11.5 Å². The van der Waals surface area contributed by atoms with Crippen molar-refractivity contribution in [2.45, 2.75) is 6.42 Å². The van der Waals surface area contributed by atoms with Crippen molar-refractivity contribution in [2.75, 3.05) is 19.5 Å². The molecule has 0 bridgehead atoms. The summed E-state index contributed by atoms with van der Waals surface area (Å²) in [5, 5.41) is 0. The van der Waals surface area contributed by atoms with Crippen LogP contribution in [-0.4, -0.2) is 13.7 Å². The van der Waals surface area contributed by atoms with Crippen LogP contribution >= 0.6 is 22.6 Å². The van der Waals surface area contributed by atoms with Crippen molar-refractivity contribution < 1.29 is 13.9 Å². The standard InChI is InChI=1S/C15H15FINO2/c1-19-7-6-10-2-4-11(5-3-10)20-15-8-12(16)13(17)9-14(15)18/h2-5,8-9H,6-7,18H2,1H3. The lowest BCUT2D eigenvalue weighted by atomic mass is 10.1. The Balaban J connectivity index is 2.12. The normalized spacial score (nSPS) is 10.6. The van der Waals surface area contributed by atoms with Gasteiger partial charge in [-0.05, 0) is 52.8 Å². The third kappa shape index (κ3) is 3.83. The summed E-state index contributed by atoms with van der Waals surface area (Å²) in [4.78, 5) is 0. The quantitative estimate of drug-likeness (QED) is 0.623. The Kier molecular flexibility index (Phi) is 5.19. The molecule has 3 nitrogen and oxygen atoms in total. The number of hydrogen-bond donors (Lipinski definition) is 1. The molecule has 2 aromatic carbocycles. The predicted molar refractivity (Wildman–Crippen MR) is 85.6 cm³/mol. The van der Waals surface area contributed by atoms with Gasteiger partial charge in [0.05, 0.1) is 15.9 Å². The van der Waals surface area contributed by atoms with E-state index in [0.29, 0.717) is 27.4 Å². The molecule has 0 unspecified atom stereocenters. The van der Waals surface area contributed by atoms with Gasteiger partial charge in [0.1, 0.15) is 11.6 Å². The van der Waals surface area contributed by atoms with Gasteiger partial charge in [-0.15, -0.1) is 0 Å². The molecule has 0 heterocycles. The van der Waals surface area contributed by atoms with Crippen molar-refractivity contribution in [3.05, 3.63) is 51.3 Å². The molecule has 0 amide bonds. The summed E-state index contributed by atoms with van der Waals surface area (Å²) >= 11 is 1.89. The molecule has 106 valence electrons. The Morgan fingerprint density at radius 1 is 1.20 bits per heavy atom. The molecule has 0 aliphatic heterocycles. The molecule has 0 atom stereocenters. The Bertz CT molecular complexity index is 587. The third-order valence-corrected chi connectivity index (χ3v) is 3.63. The number of hydrogen-bond acceptors (Lipinski definition) is 3. The number of nitrogens with two attached hydrogens (primary N) is 1. The Labute approximate surface area is 131 Å². The molecule has 20 heavy (non-hydrogen) atoms. The summed E-state index contributed by atoms with van der Waals surface area (Å²) in [5.41, 5.74) is 7.39. The van der Waals surface area contributed by atoms with Crippen LogP contribution in [0.3, 0.4) is 0 Å². The Morgan fingerprint density at radius 2 is 1.90 bits per heavy atom. The summed E-state index contributed by atoms with van der Waals surface area (Å²) < 4.78 is 24.6. The van der Waals surface area contributed by atoms with Gasteiger partial charge in [-0.1, -0.05) is 12.1 Å². The molecule has 0 radical (unpaired) electrons. The molecule has 5 heteroatoms. The largest absolute Gasteiger partial charge is 0.455 e. The molecule has 2 N–H and O–H groups in total. The number of ether oxygens (including phenoxy) is 2. The van der Waals surface area contributed by atoms with Gasteiger partial charge in [-0.3, -0.25) is 0 Å². The van der Waals surface area contributed by atoms with Crippen molar-refractivity contribution in [3.63, 3.8) is 0 Å². The zero-order chi connectivity index (χ0) is 14.5. The number of rotatable bonds is 5. The summed E-state index contributed by atoms with van der Waals surface area (Å²) in [6.07, 6.45) is 0.844. The highest BCUT2D eigenvalue weighted by atomic mass is 127. The maximum absolute atomic E-state index is 13.5. The third-order valence-electron chi connectivity index (χ3n) is 2.80. The van der Waals surface area contributed by atoms with Crippen molar-refractivity contribution in [3.8, 4) is 11.5 Å². The molecule has 0 saturated carbocycles. The molecule has 0 saturated heterocycles. The number of methoxy groups -OCH3 is 1. The topological polar surface area (TPSA) is 44.5 Å². The predicted octanol–water partition coefficient (Wildman–Crippen LogP) is 3.99. The van der Waals surface area contributed by atoms with Gasteiger partial charge >= 0.3 is 0 Å². The monoisotopic (exact) mass is 387 g/mol. The van der Waals surface area contributed by atoms with E-state index in [1.165, 1.54) is 6.07 Å². The maximum Gasteiger partial charge on any atom is 0.153 e. The van der Waals surface area contributed by atoms with Gasteiger partial charge in [0.25, 0.3) is 0 Å². The smallest absolute Gasteiger partial charge is 0.153 e. The van der Waals surface area contributed by atoms with Crippen LogP contribution in [0.4, 0.5) is 10.1 Å². The molecular formula is C15H15FINO2. The first-order valence-corrected chi connectivity index (χ1v) is 7.18. The molecular weight excluding hydrogens is 372 g/mol. The number of benzene rings is 2. The van der Waals surface area contributed by atoms with Gasteiger partial charge in [-0.2, -0.15) is 0 Å². The molecule has 0 aromatic heterocycles. The second-order valence-corrected chi connectivity index (χ2v) is 5.46. The number of halogens is 2. The number of nitrogen functional groups attached to an aromatic ring is 1. The lowest BCUT2D eigenvalue weighted by Gasteiger charge is -2.10. The van der Waals surface area contributed by atoms with E-state index in [-0.39, 0.29) is 5.82 Å². The molecule has 2 rings (SSSR count). The van der Waals surface area contributed by atoms with E-state index >= 15 is 0 Å². The van der Waals surface area contributed by atoms with Crippen LogP contribution in [0.15, 0.2) is 36.4 Å². The van der Waals surface area contributed by atoms with E-state index < -0.39 is 0 Å². The van der Waals surface area contributed by atoms with Crippen LogP contribution in [0.25, 0.3) is 0 Å². The fourth-order valence-corrected chi connectivity index (χ4v) is 2.19. The molecule has 0 aliphatic carbocycles. The zero-order valence-corrected chi connectivity index (χ0v) is 13.2. The maximum atomic E-state index is 13.5. The summed E-state index contributed by atoms with van der Waals surface area (Å²) in [5.74, 6) is 0.609. The van der Waals surface area contributed by atoms with E-state index in [9.17, 15) is 4.39 Å². The number of anilines is 1. The second-order valence-electron chi connectivity index (χ2n) is 4.29. The lowest BCUT2D eigenvalue weighted by molar-refractivity contribution is 0.202. The fourth-order valence-electron chi connectivity index (χ4n) is 1.70. The van der Waals surface area contributed by atoms with Crippen LogP contribution in [0.2, 0.25) is 0 Å². The van der Waals surface area contributed by atoms with Crippen molar-refractivity contribution in [1.82, 2.24) is 0 Å². The van der Waals surface area contributed by atoms with E-state index in [0.717, 1.165) is 12.0 Å².